The molecule has 1 unspecified atom stereocenters. The molecule has 3 aromatic rings. The fourth-order valence-electron chi connectivity index (χ4n) is 3.64. The highest BCUT2D eigenvalue weighted by Gasteiger charge is 2.28. The molecule has 2 heterocycles. The Bertz CT molecular complexity index is 1010. The van der Waals surface area contributed by atoms with Crippen molar-refractivity contribution in [1.29, 1.82) is 0 Å². The van der Waals surface area contributed by atoms with E-state index < -0.39 is 0 Å². The second-order valence-electron chi connectivity index (χ2n) is 7.17. The molecule has 1 saturated heterocycles. The van der Waals surface area contributed by atoms with Crippen LogP contribution in [0.25, 0.3) is 11.0 Å². The lowest BCUT2D eigenvalue weighted by atomic mass is 9.97. The molecule has 0 bridgehead atoms. The van der Waals surface area contributed by atoms with Gasteiger partial charge in [0, 0.05) is 24.7 Å². The number of aromatic nitrogens is 2. The van der Waals surface area contributed by atoms with E-state index >= 15 is 0 Å². The molecule has 0 spiro atoms. The maximum Gasteiger partial charge on any atom is 0.257 e. The second-order valence-corrected chi connectivity index (χ2v) is 7.61. The number of halogens is 1. The SMILES string of the molecule is COc1nc2ccccc2nc1N1CCCC(C(=O)NCc2ccc(Cl)cc2)C1. The van der Waals surface area contributed by atoms with Crippen LogP contribution >= 0.6 is 11.6 Å². The van der Waals surface area contributed by atoms with Gasteiger partial charge in [0.05, 0.1) is 24.1 Å². The molecule has 1 fully saturated rings. The van der Waals surface area contributed by atoms with Gasteiger partial charge < -0.3 is 15.0 Å². The Morgan fingerprint density at radius 3 is 2.62 bits per heavy atom. The standard InChI is InChI=1S/C22H23ClN4O2/c1-29-22-20(25-18-6-2-3-7-19(18)26-22)27-12-4-5-16(14-27)21(28)24-13-15-8-10-17(23)11-9-15/h2-3,6-11,16H,4-5,12-14H2,1H3,(H,24,28). The number of amides is 1. The summed E-state index contributed by atoms with van der Waals surface area (Å²) in [6.07, 6.45) is 1.77. The predicted octanol–water partition coefficient (Wildman–Crippen LogP) is 3.82. The lowest BCUT2D eigenvalue weighted by molar-refractivity contribution is -0.125. The topological polar surface area (TPSA) is 67.4 Å². The normalized spacial score (nSPS) is 16.6. The summed E-state index contributed by atoms with van der Waals surface area (Å²) in [6, 6.07) is 15.2. The van der Waals surface area contributed by atoms with Crippen LogP contribution in [-0.4, -0.2) is 36.1 Å². The third-order valence-electron chi connectivity index (χ3n) is 5.19. The molecule has 29 heavy (non-hydrogen) atoms. The number of nitrogens with one attached hydrogen (secondary N) is 1. The van der Waals surface area contributed by atoms with Gasteiger partial charge in [-0.05, 0) is 42.7 Å². The minimum atomic E-state index is -0.103. The average Bonchev–Trinajstić information content (AvgIpc) is 2.77. The Labute approximate surface area is 174 Å². The molecule has 0 saturated carbocycles. The first kappa shape index (κ1) is 19.5. The van der Waals surface area contributed by atoms with Crippen LogP contribution in [0, 0.1) is 5.92 Å². The quantitative estimate of drug-likeness (QED) is 0.692. The van der Waals surface area contributed by atoms with Crippen LogP contribution in [0.4, 0.5) is 5.82 Å². The molecular formula is C22H23ClN4O2. The zero-order valence-electron chi connectivity index (χ0n) is 16.3. The Morgan fingerprint density at radius 1 is 1.17 bits per heavy atom. The summed E-state index contributed by atoms with van der Waals surface area (Å²) in [5, 5.41) is 3.73. The molecule has 1 N–H and O–H groups in total. The summed E-state index contributed by atoms with van der Waals surface area (Å²) in [7, 11) is 1.60. The minimum absolute atomic E-state index is 0.0531. The molecule has 1 aliphatic rings. The van der Waals surface area contributed by atoms with E-state index in [9.17, 15) is 4.79 Å². The van der Waals surface area contributed by atoms with Crippen LogP contribution in [0.3, 0.4) is 0 Å². The summed E-state index contributed by atoms with van der Waals surface area (Å²) in [5.41, 5.74) is 2.64. The maximum atomic E-state index is 12.8. The molecule has 7 heteroatoms. The predicted molar refractivity (Wildman–Crippen MR) is 114 cm³/mol. The smallest absolute Gasteiger partial charge is 0.257 e. The average molecular weight is 411 g/mol. The first-order valence-corrected chi connectivity index (χ1v) is 10.1. The highest BCUT2D eigenvalue weighted by molar-refractivity contribution is 6.30. The van der Waals surface area contributed by atoms with Crippen molar-refractivity contribution in [2.24, 2.45) is 5.92 Å². The van der Waals surface area contributed by atoms with Crippen molar-refractivity contribution in [3.63, 3.8) is 0 Å². The summed E-state index contributed by atoms with van der Waals surface area (Å²) in [5.74, 6) is 1.14. The molecule has 1 atom stereocenters. The van der Waals surface area contributed by atoms with Gasteiger partial charge in [-0.15, -0.1) is 0 Å². The van der Waals surface area contributed by atoms with E-state index in [1.807, 2.05) is 48.5 Å². The third kappa shape index (κ3) is 4.43. The van der Waals surface area contributed by atoms with Crippen molar-refractivity contribution < 1.29 is 9.53 Å². The number of carbonyl (C=O) groups excluding carboxylic acids is 1. The van der Waals surface area contributed by atoms with Gasteiger partial charge in [-0.25, -0.2) is 9.97 Å². The Balaban J connectivity index is 1.47. The van der Waals surface area contributed by atoms with E-state index in [0.29, 0.717) is 29.8 Å². The second kappa shape index (κ2) is 8.66. The number of methoxy groups -OCH3 is 1. The molecule has 1 amide bonds. The first-order valence-electron chi connectivity index (χ1n) is 9.72. The number of piperidine rings is 1. The van der Waals surface area contributed by atoms with Crippen LogP contribution in [-0.2, 0) is 11.3 Å². The number of ether oxygens (including phenoxy) is 1. The monoisotopic (exact) mass is 410 g/mol. The van der Waals surface area contributed by atoms with Gasteiger partial charge in [-0.3, -0.25) is 4.79 Å². The lowest BCUT2D eigenvalue weighted by Gasteiger charge is -2.33. The van der Waals surface area contributed by atoms with Crippen LogP contribution in [0.5, 0.6) is 5.88 Å². The Hall–Kier alpha value is -2.86. The molecule has 150 valence electrons. The van der Waals surface area contributed by atoms with Crippen LogP contribution in [0.2, 0.25) is 5.02 Å². The number of rotatable bonds is 5. The van der Waals surface area contributed by atoms with Gasteiger partial charge in [0.25, 0.3) is 5.88 Å². The minimum Gasteiger partial charge on any atom is -0.478 e. The molecule has 1 aliphatic heterocycles. The van der Waals surface area contributed by atoms with Gasteiger partial charge in [0.2, 0.25) is 5.91 Å². The molecule has 1 aromatic heterocycles. The third-order valence-corrected chi connectivity index (χ3v) is 5.44. The summed E-state index contributed by atoms with van der Waals surface area (Å²) in [4.78, 5) is 24.2. The summed E-state index contributed by atoms with van der Waals surface area (Å²) >= 11 is 5.92. The van der Waals surface area contributed by atoms with E-state index in [2.05, 4.69) is 15.2 Å². The fourth-order valence-corrected chi connectivity index (χ4v) is 3.76. The Morgan fingerprint density at radius 2 is 1.90 bits per heavy atom. The summed E-state index contributed by atoms with van der Waals surface area (Å²) in [6.45, 7) is 1.91. The van der Waals surface area contributed by atoms with Crippen molar-refractivity contribution in [3.05, 3.63) is 59.1 Å². The van der Waals surface area contributed by atoms with E-state index in [1.165, 1.54) is 0 Å². The van der Waals surface area contributed by atoms with E-state index in [4.69, 9.17) is 21.3 Å². The van der Waals surface area contributed by atoms with E-state index in [-0.39, 0.29) is 11.8 Å². The van der Waals surface area contributed by atoms with Crippen molar-refractivity contribution >= 4 is 34.4 Å². The fraction of sp³-hybridized carbons (Fsp3) is 0.318. The number of nitrogens with zero attached hydrogens (tertiary/aromatic N) is 3. The van der Waals surface area contributed by atoms with Gasteiger partial charge in [-0.1, -0.05) is 35.9 Å². The number of benzene rings is 2. The zero-order chi connectivity index (χ0) is 20.2. The summed E-state index contributed by atoms with van der Waals surface area (Å²) < 4.78 is 5.49. The van der Waals surface area contributed by atoms with Gasteiger partial charge in [0.15, 0.2) is 5.82 Å². The zero-order valence-corrected chi connectivity index (χ0v) is 17.0. The van der Waals surface area contributed by atoms with Crippen molar-refractivity contribution in [2.45, 2.75) is 19.4 Å². The maximum absolute atomic E-state index is 12.8. The largest absolute Gasteiger partial charge is 0.478 e. The van der Waals surface area contributed by atoms with E-state index in [1.54, 1.807) is 7.11 Å². The van der Waals surface area contributed by atoms with Crippen LogP contribution < -0.4 is 15.0 Å². The molecule has 6 nitrogen and oxygen atoms in total. The number of para-hydroxylation sites is 2. The van der Waals surface area contributed by atoms with Crippen molar-refractivity contribution in [3.8, 4) is 5.88 Å². The van der Waals surface area contributed by atoms with Crippen LogP contribution in [0.1, 0.15) is 18.4 Å². The molecule has 0 aliphatic carbocycles. The number of anilines is 1. The Kier molecular flexibility index (Phi) is 5.81. The van der Waals surface area contributed by atoms with Crippen molar-refractivity contribution in [1.82, 2.24) is 15.3 Å². The first-order chi connectivity index (χ1) is 14.1. The number of fused-ring (bicyclic) bond motifs is 1. The number of hydrogen-bond donors (Lipinski definition) is 1. The number of carbonyl (C=O) groups is 1. The molecule has 4 rings (SSSR count). The van der Waals surface area contributed by atoms with Crippen LogP contribution in [0.15, 0.2) is 48.5 Å². The van der Waals surface area contributed by atoms with Gasteiger partial charge >= 0.3 is 0 Å². The molecule has 2 aromatic carbocycles. The molecular weight excluding hydrogens is 388 g/mol. The van der Waals surface area contributed by atoms with Gasteiger partial charge in [-0.2, -0.15) is 0 Å². The highest BCUT2D eigenvalue weighted by Crippen LogP contribution is 2.30. The molecule has 0 radical (unpaired) electrons. The van der Waals surface area contributed by atoms with Crippen molar-refractivity contribution in [2.75, 3.05) is 25.1 Å². The van der Waals surface area contributed by atoms with Gasteiger partial charge in [0.1, 0.15) is 0 Å². The number of hydrogen-bond acceptors (Lipinski definition) is 5. The van der Waals surface area contributed by atoms with E-state index in [0.717, 1.165) is 36.0 Å². The lowest BCUT2D eigenvalue weighted by Crippen LogP contribution is -2.43. The highest BCUT2D eigenvalue weighted by atomic mass is 35.5.